The molecule has 0 radical (unpaired) electrons. The summed E-state index contributed by atoms with van der Waals surface area (Å²) in [4.78, 5) is 29.5. The maximum atomic E-state index is 13.4. The van der Waals surface area contributed by atoms with Gasteiger partial charge in [0.25, 0.3) is 5.91 Å². The van der Waals surface area contributed by atoms with E-state index in [-0.39, 0.29) is 18.2 Å². The maximum Gasteiger partial charge on any atom is 0.256 e. The molecule has 3 aromatic rings. The molecule has 0 saturated carbocycles. The third kappa shape index (κ3) is 5.01. The summed E-state index contributed by atoms with van der Waals surface area (Å²) in [6.45, 7) is 0.422. The Bertz CT molecular complexity index is 1140. The van der Waals surface area contributed by atoms with E-state index in [1.165, 1.54) is 4.90 Å². The molecule has 0 bridgehead atoms. The molecule has 1 fully saturated rings. The Balaban J connectivity index is 1.59. The Labute approximate surface area is 205 Å². The number of amides is 2. The average molecular weight is 529 g/mol. The lowest BCUT2D eigenvalue weighted by Crippen LogP contribution is -2.37. The van der Waals surface area contributed by atoms with Gasteiger partial charge in [0.05, 0.1) is 12.1 Å². The van der Waals surface area contributed by atoms with Crippen molar-refractivity contribution in [2.45, 2.75) is 19.0 Å². The number of hydrogen-bond acceptors (Lipinski definition) is 3. The van der Waals surface area contributed by atoms with Crippen molar-refractivity contribution in [1.29, 1.82) is 0 Å². The summed E-state index contributed by atoms with van der Waals surface area (Å²) in [6, 6.07) is 23.2. The van der Waals surface area contributed by atoms with Crippen molar-refractivity contribution in [3.8, 4) is 0 Å². The molecule has 0 aliphatic carbocycles. The number of halogens is 2. The van der Waals surface area contributed by atoms with Crippen LogP contribution in [0.4, 0.5) is 11.4 Å². The van der Waals surface area contributed by atoms with Crippen LogP contribution in [0.3, 0.4) is 0 Å². The highest BCUT2D eigenvalue weighted by molar-refractivity contribution is 9.10. The molecule has 8 heteroatoms. The van der Waals surface area contributed by atoms with Crippen LogP contribution in [0.15, 0.2) is 83.3 Å². The number of nitrogens with one attached hydrogen (secondary N) is 1. The lowest BCUT2D eigenvalue weighted by Gasteiger charge is -2.24. The molecule has 0 spiro atoms. The van der Waals surface area contributed by atoms with Crippen molar-refractivity contribution in [3.05, 3.63) is 93.9 Å². The SMILES string of the molecule is O=C(C[C@@H]1C(=O)N(c2ccc(Cl)cc2)C(=S)N1Cc1ccccc1)Nc1ccc(Br)cc1. The van der Waals surface area contributed by atoms with Gasteiger partial charge in [0.2, 0.25) is 5.91 Å². The molecule has 32 heavy (non-hydrogen) atoms. The van der Waals surface area contributed by atoms with E-state index in [0.717, 1.165) is 10.0 Å². The van der Waals surface area contributed by atoms with Gasteiger partial charge in [-0.15, -0.1) is 0 Å². The van der Waals surface area contributed by atoms with Gasteiger partial charge in [0, 0.05) is 21.7 Å². The van der Waals surface area contributed by atoms with E-state index < -0.39 is 6.04 Å². The molecule has 1 saturated heterocycles. The second-order valence-electron chi connectivity index (χ2n) is 7.32. The molecule has 0 aromatic heterocycles. The van der Waals surface area contributed by atoms with Crippen LogP contribution in [0, 0.1) is 0 Å². The Hall–Kier alpha value is -2.74. The van der Waals surface area contributed by atoms with Crippen molar-refractivity contribution in [2.24, 2.45) is 0 Å². The third-order valence-corrected chi connectivity index (χ3v) is 6.30. The summed E-state index contributed by atoms with van der Waals surface area (Å²) in [6.07, 6.45) is -0.0219. The zero-order valence-corrected chi connectivity index (χ0v) is 20.0. The zero-order chi connectivity index (χ0) is 22.7. The van der Waals surface area contributed by atoms with Crippen LogP contribution < -0.4 is 10.2 Å². The first-order chi connectivity index (χ1) is 15.4. The molecule has 1 aliphatic rings. The van der Waals surface area contributed by atoms with Crippen molar-refractivity contribution in [2.75, 3.05) is 10.2 Å². The number of anilines is 2. The fourth-order valence-electron chi connectivity index (χ4n) is 3.54. The summed E-state index contributed by atoms with van der Waals surface area (Å²) in [5.74, 6) is -0.497. The lowest BCUT2D eigenvalue weighted by molar-refractivity contribution is -0.124. The zero-order valence-electron chi connectivity index (χ0n) is 16.9. The van der Waals surface area contributed by atoms with E-state index in [0.29, 0.717) is 28.1 Å². The highest BCUT2D eigenvalue weighted by Crippen LogP contribution is 2.29. The van der Waals surface area contributed by atoms with Crippen LogP contribution in [-0.4, -0.2) is 27.9 Å². The predicted molar refractivity (Wildman–Crippen MR) is 135 cm³/mol. The second-order valence-corrected chi connectivity index (χ2v) is 9.04. The van der Waals surface area contributed by atoms with Gasteiger partial charge in [0.15, 0.2) is 5.11 Å². The molecule has 1 heterocycles. The van der Waals surface area contributed by atoms with Crippen LogP contribution >= 0.6 is 39.7 Å². The van der Waals surface area contributed by atoms with E-state index in [1.54, 1.807) is 36.4 Å². The summed E-state index contributed by atoms with van der Waals surface area (Å²) >= 11 is 15.1. The van der Waals surface area contributed by atoms with Crippen molar-refractivity contribution < 1.29 is 9.59 Å². The summed E-state index contributed by atoms with van der Waals surface area (Å²) in [7, 11) is 0. The molecule has 162 valence electrons. The Morgan fingerprint density at radius 2 is 1.66 bits per heavy atom. The predicted octanol–water partition coefficient (Wildman–Crippen LogP) is 5.63. The van der Waals surface area contributed by atoms with Gasteiger partial charge in [-0.2, -0.15) is 0 Å². The van der Waals surface area contributed by atoms with E-state index in [2.05, 4.69) is 21.2 Å². The molecule has 2 amide bonds. The fourth-order valence-corrected chi connectivity index (χ4v) is 4.32. The normalized spacial score (nSPS) is 15.9. The number of nitrogens with zero attached hydrogens (tertiary/aromatic N) is 2. The van der Waals surface area contributed by atoms with Gasteiger partial charge >= 0.3 is 0 Å². The van der Waals surface area contributed by atoms with Gasteiger partial charge < -0.3 is 10.2 Å². The van der Waals surface area contributed by atoms with Gasteiger partial charge in [-0.25, -0.2) is 0 Å². The number of thiocarbonyl (C=S) groups is 1. The highest BCUT2D eigenvalue weighted by atomic mass is 79.9. The monoisotopic (exact) mass is 527 g/mol. The molecular formula is C24H19BrClN3O2S. The maximum absolute atomic E-state index is 13.4. The summed E-state index contributed by atoms with van der Waals surface area (Å²) in [5, 5.41) is 3.79. The minimum atomic E-state index is -0.714. The van der Waals surface area contributed by atoms with Crippen LogP contribution in [0.5, 0.6) is 0 Å². The van der Waals surface area contributed by atoms with Gasteiger partial charge in [0.1, 0.15) is 6.04 Å². The Morgan fingerprint density at radius 1 is 1.00 bits per heavy atom. The Morgan fingerprint density at radius 3 is 2.31 bits per heavy atom. The Kier molecular flexibility index (Phi) is 6.89. The van der Waals surface area contributed by atoms with Gasteiger partial charge in [-0.1, -0.05) is 57.9 Å². The number of hydrogen-bond donors (Lipinski definition) is 1. The number of carbonyl (C=O) groups excluding carboxylic acids is 2. The van der Waals surface area contributed by atoms with Crippen molar-refractivity contribution in [3.63, 3.8) is 0 Å². The highest BCUT2D eigenvalue weighted by Gasteiger charge is 2.44. The summed E-state index contributed by atoms with van der Waals surface area (Å²) in [5.41, 5.74) is 2.28. The molecule has 5 nitrogen and oxygen atoms in total. The van der Waals surface area contributed by atoms with E-state index in [9.17, 15) is 9.59 Å². The minimum absolute atomic E-state index is 0.0219. The standard InChI is InChI=1S/C24H19BrClN3O2S/c25-17-6-10-19(11-7-17)27-22(30)14-21-23(31)29(20-12-8-18(26)9-13-20)24(32)28(21)15-16-4-2-1-3-5-16/h1-13,21H,14-15H2,(H,27,30)/t21-/m1/s1. The smallest absolute Gasteiger partial charge is 0.256 e. The van der Waals surface area contributed by atoms with Crippen LogP contribution in [0.1, 0.15) is 12.0 Å². The molecule has 1 N–H and O–H groups in total. The first-order valence-corrected chi connectivity index (χ1v) is 11.5. The topological polar surface area (TPSA) is 52.7 Å². The largest absolute Gasteiger partial charge is 0.332 e. The number of rotatable bonds is 6. The van der Waals surface area contributed by atoms with Crippen molar-refractivity contribution in [1.82, 2.24) is 4.90 Å². The molecular weight excluding hydrogens is 510 g/mol. The molecule has 4 rings (SSSR count). The molecule has 1 atom stereocenters. The second kappa shape index (κ2) is 9.81. The first-order valence-electron chi connectivity index (χ1n) is 9.92. The fraction of sp³-hybridized carbons (Fsp3) is 0.125. The van der Waals surface area contributed by atoms with Crippen LogP contribution in [0.2, 0.25) is 5.02 Å². The molecule has 0 unspecified atom stereocenters. The first kappa shape index (κ1) is 22.5. The molecule has 3 aromatic carbocycles. The lowest BCUT2D eigenvalue weighted by atomic mass is 10.1. The van der Waals surface area contributed by atoms with E-state index >= 15 is 0 Å². The number of benzene rings is 3. The van der Waals surface area contributed by atoms with E-state index in [4.69, 9.17) is 23.8 Å². The van der Waals surface area contributed by atoms with Gasteiger partial charge in [-0.3, -0.25) is 14.5 Å². The average Bonchev–Trinajstić information content (AvgIpc) is 3.01. The summed E-state index contributed by atoms with van der Waals surface area (Å²) < 4.78 is 0.916. The van der Waals surface area contributed by atoms with E-state index in [1.807, 2.05) is 47.4 Å². The number of carbonyl (C=O) groups is 2. The van der Waals surface area contributed by atoms with Crippen LogP contribution in [-0.2, 0) is 16.1 Å². The quantitative estimate of drug-likeness (QED) is 0.421. The third-order valence-electron chi connectivity index (χ3n) is 5.11. The van der Waals surface area contributed by atoms with Crippen LogP contribution in [0.25, 0.3) is 0 Å². The molecule has 1 aliphatic heterocycles. The van der Waals surface area contributed by atoms with Crippen molar-refractivity contribution >= 4 is 68.1 Å². The minimum Gasteiger partial charge on any atom is -0.332 e. The van der Waals surface area contributed by atoms with Gasteiger partial charge in [-0.05, 0) is 66.3 Å².